The first-order valence-electron chi connectivity index (χ1n) is 10.8. The first kappa shape index (κ1) is 23.0. The van der Waals surface area contributed by atoms with Crippen molar-refractivity contribution in [1.29, 1.82) is 0 Å². The Morgan fingerprint density at radius 1 is 1.17 bits per heavy atom. The van der Waals surface area contributed by atoms with E-state index in [1.54, 1.807) is 4.90 Å². The summed E-state index contributed by atoms with van der Waals surface area (Å²) in [5.74, 6) is 2.77. The van der Waals surface area contributed by atoms with Crippen LogP contribution >= 0.6 is 0 Å². The monoisotopic (exact) mass is 438 g/mol. The van der Waals surface area contributed by atoms with Crippen molar-refractivity contribution in [2.24, 2.45) is 10.3 Å². The summed E-state index contributed by atoms with van der Waals surface area (Å²) < 4.78 is 21.1. The molecule has 0 N–H and O–H groups in total. The van der Waals surface area contributed by atoms with E-state index in [4.69, 9.17) is 18.7 Å². The van der Waals surface area contributed by atoms with Crippen molar-refractivity contribution in [3.63, 3.8) is 0 Å². The minimum atomic E-state index is -0.430. The molecule has 0 saturated carbocycles. The molecule has 2 aliphatic rings. The van der Waals surface area contributed by atoms with Gasteiger partial charge >= 0.3 is 6.09 Å². The third kappa shape index (κ3) is 6.96. The van der Waals surface area contributed by atoms with Crippen molar-refractivity contribution in [1.82, 2.24) is 4.90 Å². The SMILES string of the molecule is COOS1=NCCC(c2ccc(OCC3CCN(C(=O)OC(C)C)CC3)cc2)CC1. The van der Waals surface area contributed by atoms with E-state index in [2.05, 4.69) is 28.6 Å². The van der Waals surface area contributed by atoms with Crippen LogP contribution in [-0.2, 0) is 24.9 Å². The van der Waals surface area contributed by atoms with Gasteiger partial charge in [-0.15, -0.1) is 0 Å². The molecule has 0 aliphatic carbocycles. The number of amides is 1. The Balaban J connectivity index is 1.41. The molecular weight excluding hydrogens is 404 g/mol. The highest BCUT2D eigenvalue weighted by Gasteiger charge is 2.24. The minimum absolute atomic E-state index is 0.0746. The summed E-state index contributed by atoms with van der Waals surface area (Å²) in [4.78, 5) is 18.6. The molecule has 2 unspecified atom stereocenters. The highest BCUT2D eigenvalue weighted by molar-refractivity contribution is 7.82. The number of benzene rings is 1. The van der Waals surface area contributed by atoms with Gasteiger partial charge in [-0.05, 0) is 69.1 Å². The molecule has 1 saturated heterocycles. The van der Waals surface area contributed by atoms with Gasteiger partial charge in [0, 0.05) is 25.4 Å². The third-order valence-electron chi connectivity index (χ3n) is 5.55. The van der Waals surface area contributed by atoms with Gasteiger partial charge in [0.15, 0.2) is 0 Å². The van der Waals surface area contributed by atoms with Gasteiger partial charge < -0.3 is 14.4 Å². The lowest BCUT2D eigenvalue weighted by atomic mass is 9.93. The summed E-state index contributed by atoms with van der Waals surface area (Å²) in [6.07, 6.45) is 3.70. The van der Waals surface area contributed by atoms with Gasteiger partial charge in [-0.3, -0.25) is 0 Å². The van der Waals surface area contributed by atoms with Crippen LogP contribution in [0.4, 0.5) is 4.79 Å². The maximum atomic E-state index is 12.0. The van der Waals surface area contributed by atoms with Crippen molar-refractivity contribution in [2.75, 3.05) is 39.1 Å². The van der Waals surface area contributed by atoms with Crippen molar-refractivity contribution < 1.29 is 23.5 Å². The summed E-state index contributed by atoms with van der Waals surface area (Å²) in [6, 6.07) is 8.48. The Morgan fingerprint density at radius 3 is 2.57 bits per heavy atom. The zero-order valence-electron chi connectivity index (χ0n) is 18.2. The summed E-state index contributed by atoms with van der Waals surface area (Å²) in [5, 5.41) is 0. The molecule has 0 aromatic heterocycles. The average molecular weight is 439 g/mol. The molecule has 1 fully saturated rings. The van der Waals surface area contributed by atoms with Gasteiger partial charge in [0.05, 0.1) is 30.8 Å². The molecule has 0 radical (unpaired) electrons. The third-order valence-corrected chi connectivity index (χ3v) is 6.90. The summed E-state index contributed by atoms with van der Waals surface area (Å²) in [6.45, 7) is 6.72. The van der Waals surface area contributed by atoms with Crippen molar-refractivity contribution in [2.45, 2.75) is 51.6 Å². The van der Waals surface area contributed by atoms with E-state index in [1.807, 2.05) is 13.8 Å². The van der Waals surface area contributed by atoms with Crippen LogP contribution in [-0.4, -0.2) is 56.2 Å². The number of nitrogens with zero attached hydrogens (tertiary/aromatic N) is 2. The second kappa shape index (κ2) is 11.7. The Labute approximate surface area is 182 Å². The fraction of sp³-hybridized carbons (Fsp3) is 0.682. The number of piperidine rings is 1. The predicted octanol–water partition coefficient (Wildman–Crippen LogP) is 4.49. The Kier molecular flexibility index (Phi) is 8.96. The first-order chi connectivity index (χ1) is 14.5. The number of hydrogen-bond acceptors (Lipinski definition) is 6. The summed E-state index contributed by atoms with van der Waals surface area (Å²) in [5.41, 5.74) is 1.33. The van der Waals surface area contributed by atoms with Crippen LogP contribution in [0.3, 0.4) is 0 Å². The van der Waals surface area contributed by atoms with E-state index in [0.717, 1.165) is 56.8 Å². The lowest BCUT2D eigenvalue weighted by Crippen LogP contribution is -2.40. The van der Waals surface area contributed by atoms with Crippen LogP contribution in [0.1, 0.15) is 51.0 Å². The lowest BCUT2D eigenvalue weighted by molar-refractivity contribution is -0.163. The van der Waals surface area contributed by atoms with Crippen LogP contribution in [0.15, 0.2) is 28.6 Å². The Morgan fingerprint density at radius 2 is 1.90 bits per heavy atom. The number of carbonyl (C=O) groups is 1. The lowest BCUT2D eigenvalue weighted by Gasteiger charge is -2.31. The maximum Gasteiger partial charge on any atom is 0.410 e. The Hall–Kier alpha value is -1.64. The topological polar surface area (TPSA) is 69.6 Å². The largest absolute Gasteiger partial charge is 0.493 e. The van der Waals surface area contributed by atoms with Crippen molar-refractivity contribution in [3.05, 3.63) is 29.8 Å². The molecule has 2 aliphatic heterocycles. The molecule has 168 valence electrons. The van der Waals surface area contributed by atoms with Gasteiger partial charge in [0.2, 0.25) is 0 Å². The van der Waals surface area contributed by atoms with Crippen LogP contribution < -0.4 is 4.74 Å². The normalized spacial score (nSPS) is 23.0. The number of ether oxygens (including phenoxy) is 2. The number of rotatable bonds is 7. The second-order valence-electron chi connectivity index (χ2n) is 8.13. The molecule has 8 heteroatoms. The molecule has 0 spiro atoms. The first-order valence-corrected chi connectivity index (χ1v) is 12.1. The summed E-state index contributed by atoms with van der Waals surface area (Å²) in [7, 11) is 1.11. The molecule has 2 heterocycles. The molecule has 1 amide bonds. The molecule has 30 heavy (non-hydrogen) atoms. The highest BCUT2D eigenvalue weighted by Crippen LogP contribution is 2.28. The fourth-order valence-electron chi connectivity index (χ4n) is 3.84. The van der Waals surface area contributed by atoms with Crippen LogP contribution in [0, 0.1) is 5.92 Å². The van der Waals surface area contributed by atoms with E-state index in [9.17, 15) is 4.79 Å². The molecule has 2 atom stereocenters. The van der Waals surface area contributed by atoms with Crippen LogP contribution in [0.25, 0.3) is 0 Å². The van der Waals surface area contributed by atoms with E-state index in [0.29, 0.717) is 18.4 Å². The van der Waals surface area contributed by atoms with Crippen LogP contribution in [0.2, 0.25) is 0 Å². The molecule has 7 nitrogen and oxygen atoms in total. The Bertz CT molecular complexity index is 702. The average Bonchev–Trinajstić information content (AvgIpc) is 2.98. The zero-order valence-corrected chi connectivity index (χ0v) is 19.1. The van der Waals surface area contributed by atoms with Gasteiger partial charge in [-0.1, -0.05) is 12.1 Å². The van der Waals surface area contributed by atoms with E-state index < -0.39 is 11.0 Å². The number of likely N-dealkylation sites (tertiary alicyclic amines) is 1. The fourth-order valence-corrected chi connectivity index (χ4v) is 5.03. The van der Waals surface area contributed by atoms with Gasteiger partial charge in [0.25, 0.3) is 0 Å². The highest BCUT2D eigenvalue weighted by atomic mass is 32.2. The summed E-state index contributed by atoms with van der Waals surface area (Å²) >= 11 is 0. The van der Waals surface area contributed by atoms with E-state index in [-0.39, 0.29) is 12.2 Å². The molecule has 0 bridgehead atoms. The number of carbonyl (C=O) groups excluding carboxylic acids is 1. The van der Waals surface area contributed by atoms with Gasteiger partial charge in [-0.25, -0.2) is 14.0 Å². The zero-order chi connectivity index (χ0) is 21.3. The second-order valence-corrected chi connectivity index (χ2v) is 9.58. The van der Waals surface area contributed by atoms with E-state index >= 15 is 0 Å². The van der Waals surface area contributed by atoms with Crippen molar-refractivity contribution >= 4 is 17.1 Å². The standard InChI is InChI=1S/C22H34N2O5S/c1-17(2)28-22(25)24-13-9-18(10-14-24)16-27-21-6-4-19(5-7-21)20-8-12-23-30(15-11-20)29-26-3/h4-7,17-18,20H,8-16H2,1-3H3. The van der Waals surface area contributed by atoms with Gasteiger partial charge in [-0.2, -0.15) is 4.33 Å². The molecule has 3 rings (SSSR count). The van der Waals surface area contributed by atoms with Gasteiger partial charge in [0.1, 0.15) is 5.75 Å². The molecule has 1 aromatic rings. The minimum Gasteiger partial charge on any atom is -0.493 e. The molecular formula is C22H34N2O5S. The van der Waals surface area contributed by atoms with Crippen molar-refractivity contribution in [3.8, 4) is 5.75 Å². The smallest absolute Gasteiger partial charge is 0.410 e. The molecule has 1 aromatic carbocycles. The quantitative estimate of drug-likeness (QED) is 0.463. The predicted molar refractivity (Wildman–Crippen MR) is 117 cm³/mol. The maximum absolute atomic E-state index is 12.0. The van der Waals surface area contributed by atoms with E-state index in [1.165, 1.54) is 12.7 Å². The number of hydrogen-bond donors (Lipinski definition) is 0. The van der Waals surface area contributed by atoms with Crippen LogP contribution in [0.5, 0.6) is 5.75 Å².